The molecule has 0 N–H and O–H groups in total. The molecule has 0 bridgehead atoms. The first-order chi connectivity index (χ1) is 56.0. The van der Waals surface area contributed by atoms with Crippen molar-refractivity contribution in [3.05, 3.63) is 0 Å². The van der Waals surface area contributed by atoms with Gasteiger partial charge in [-0.05, 0) is 96.3 Å². The van der Waals surface area contributed by atoms with Gasteiger partial charge in [0.1, 0.15) is 18.3 Å². The number of nitrogens with zero attached hydrogens (tertiary/aromatic N) is 3. The van der Waals surface area contributed by atoms with Gasteiger partial charge in [-0.1, -0.05) is 391 Å². The first kappa shape index (κ1) is 114. The molecule has 0 aliphatic carbocycles. The largest absolute Gasteiger partial charge is 0.489 e. The normalized spacial score (nSPS) is 15.2. The third-order valence-electron chi connectivity index (χ3n) is 26.8. The summed E-state index contributed by atoms with van der Waals surface area (Å²) in [7, 11) is -5.09. The molecule has 0 aromatic rings. The van der Waals surface area contributed by atoms with Gasteiger partial charge in [0.05, 0.1) is 78.2 Å². The molecule has 14 heteroatoms. The van der Waals surface area contributed by atoms with Crippen molar-refractivity contribution in [3.63, 3.8) is 0 Å². The van der Waals surface area contributed by atoms with Gasteiger partial charge in [0.2, 0.25) is 17.2 Å². The second-order valence-electron chi connectivity index (χ2n) is 37.8. The summed E-state index contributed by atoms with van der Waals surface area (Å²) in [5, 5.41) is 0. The summed E-state index contributed by atoms with van der Waals surface area (Å²) in [6.45, 7) is 45.9. The van der Waals surface area contributed by atoms with Gasteiger partial charge in [-0.3, -0.25) is 27.8 Å². The van der Waals surface area contributed by atoms with Crippen LogP contribution in [-0.4, -0.2) is 126 Å². The van der Waals surface area contributed by atoms with E-state index in [4.69, 9.17) is 27.8 Å². The van der Waals surface area contributed by atoms with E-state index < -0.39 is 43.3 Å². The second-order valence-corrected chi connectivity index (χ2v) is 39.3. The fraction of sp³-hybridized carbons (Fsp3) is 0.971. The number of quaternary nitrogens is 3. The van der Waals surface area contributed by atoms with Crippen LogP contribution in [-0.2, 0) is 46.7 Å². The smallest absolute Gasteiger partial charge is 0.462 e. The molecule has 6 atom stereocenters. The quantitative estimate of drug-likeness (QED) is 0.0145. The standard InChI is InChI=1S/C102H207N3O10P/c1-19-31-43-46-49-52-55-58-61-64-67-70-73-76-79-97(110-94(13)106)91-100(16,103(82-34-22-4,83-35-23-5)84-36-24-6)113-116(109,114-101(17,104(85-37-25-7,86-38-26-8)87-39-27-9)92-98(111-95(14)107)80-77-74-71-68-65-62-59-56-53-50-47-44-32-20-2)115-102(18,105(88-40-28-10,89-41-29-11)90-42-30-12)93-99(112-96(15)108)81-78-75-72-69-66-63-60-57-54-51-48-45-33-21-3/h97-99H,19-93H2,1-18H3/q+3. The van der Waals surface area contributed by atoms with Crippen molar-refractivity contribution >= 4 is 25.7 Å². The van der Waals surface area contributed by atoms with Crippen LogP contribution in [0.25, 0.3) is 0 Å². The van der Waals surface area contributed by atoms with Gasteiger partial charge in [-0.25, -0.2) is 18.1 Å². The van der Waals surface area contributed by atoms with Crippen molar-refractivity contribution in [2.24, 2.45) is 0 Å². The summed E-state index contributed by atoms with van der Waals surface area (Å²) < 4.78 is 66.5. The number of esters is 3. The minimum absolute atomic E-state index is 0.305. The molecule has 0 amide bonds. The van der Waals surface area contributed by atoms with E-state index in [2.05, 4.69) is 104 Å². The van der Waals surface area contributed by atoms with Crippen LogP contribution in [0.5, 0.6) is 0 Å². The van der Waals surface area contributed by atoms with Crippen molar-refractivity contribution in [2.75, 3.05) is 58.9 Å². The number of phosphoric acid groups is 1. The molecule has 13 nitrogen and oxygen atoms in total. The lowest BCUT2D eigenvalue weighted by molar-refractivity contribution is -1.00. The number of hydrogen-bond acceptors (Lipinski definition) is 10. The summed E-state index contributed by atoms with van der Waals surface area (Å²) in [5.41, 5.74) is -3.88. The minimum Gasteiger partial charge on any atom is -0.462 e. The molecule has 0 radical (unpaired) electrons. The zero-order valence-corrected chi connectivity index (χ0v) is 82.5. The van der Waals surface area contributed by atoms with E-state index >= 15 is 4.57 Å². The van der Waals surface area contributed by atoms with Crippen LogP contribution in [0.4, 0.5) is 0 Å². The number of hydrogen-bond donors (Lipinski definition) is 0. The van der Waals surface area contributed by atoms with Gasteiger partial charge in [0.15, 0.2) is 0 Å². The fourth-order valence-electron chi connectivity index (χ4n) is 19.3. The number of rotatable bonds is 90. The van der Waals surface area contributed by atoms with Crippen LogP contribution in [0.15, 0.2) is 0 Å². The molecule has 0 rings (SSSR count). The molecule has 692 valence electrons. The van der Waals surface area contributed by atoms with Gasteiger partial charge >= 0.3 is 25.7 Å². The summed E-state index contributed by atoms with van der Waals surface area (Å²) in [4.78, 5) is 42.0. The molecule has 0 aliphatic heterocycles. The van der Waals surface area contributed by atoms with Crippen LogP contribution < -0.4 is 0 Å². The maximum atomic E-state index is 19.3. The highest BCUT2D eigenvalue weighted by Gasteiger charge is 2.64. The third kappa shape index (κ3) is 52.2. The molecule has 0 heterocycles. The highest BCUT2D eigenvalue weighted by molar-refractivity contribution is 7.48. The van der Waals surface area contributed by atoms with Gasteiger partial charge in [0, 0.05) is 41.5 Å². The van der Waals surface area contributed by atoms with Crippen LogP contribution in [0.2, 0.25) is 0 Å². The number of unbranched alkanes of at least 4 members (excludes halogenated alkanes) is 48. The Labute approximate surface area is 724 Å². The van der Waals surface area contributed by atoms with Crippen LogP contribution in [0.3, 0.4) is 0 Å². The van der Waals surface area contributed by atoms with Crippen LogP contribution in [0.1, 0.15) is 548 Å². The molecule has 6 unspecified atom stereocenters. The molecule has 116 heavy (non-hydrogen) atoms. The highest BCUT2D eigenvalue weighted by Crippen LogP contribution is 2.64. The Morgan fingerprint density at radius 3 is 0.483 bits per heavy atom. The lowest BCUT2D eigenvalue weighted by Gasteiger charge is -2.57. The van der Waals surface area contributed by atoms with Gasteiger partial charge < -0.3 is 14.2 Å². The number of ether oxygens (including phenoxy) is 3. The first-order valence-electron chi connectivity index (χ1n) is 51.8. The number of carbonyl (C=O) groups is 3. The topological polar surface area (TPSA) is 124 Å². The molecule has 0 fully saturated rings. The Morgan fingerprint density at radius 2 is 0.353 bits per heavy atom. The molecule has 0 aromatic heterocycles. The average molecular weight is 1670 g/mol. The van der Waals surface area contributed by atoms with E-state index in [1.807, 2.05) is 0 Å². The highest BCUT2D eigenvalue weighted by atomic mass is 31.2. The molecule has 0 saturated carbocycles. The lowest BCUT2D eigenvalue weighted by atomic mass is 9.95. The van der Waals surface area contributed by atoms with Crippen molar-refractivity contribution < 1.29 is 60.2 Å². The predicted molar refractivity (Wildman–Crippen MR) is 500 cm³/mol. The summed E-state index contributed by atoms with van der Waals surface area (Å²) in [6, 6.07) is 0. The third-order valence-corrected chi connectivity index (χ3v) is 28.7. The Balaban J connectivity index is 9.46. The van der Waals surface area contributed by atoms with E-state index in [0.29, 0.717) is 52.0 Å². The van der Waals surface area contributed by atoms with E-state index in [-0.39, 0.29) is 17.9 Å². The number of carbonyl (C=O) groups excluding carboxylic acids is 3. The molecular formula is C102H207N3O10P+3. The van der Waals surface area contributed by atoms with E-state index in [0.717, 1.165) is 232 Å². The molecular weight excluding hydrogens is 1460 g/mol. The monoisotopic (exact) mass is 1670 g/mol. The Kier molecular flexibility index (Phi) is 72.7. The van der Waals surface area contributed by atoms with Crippen molar-refractivity contribution in [1.82, 2.24) is 0 Å². The lowest BCUT2D eigenvalue weighted by Crippen LogP contribution is -2.69. The maximum Gasteiger partial charge on any atom is 0.489 e. The van der Waals surface area contributed by atoms with E-state index in [1.165, 1.54) is 212 Å². The van der Waals surface area contributed by atoms with Gasteiger partial charge in [-0.15, -0.1) is 0 Å². The van der Waals surface area contributed by atoms with Gasteiger partial charge in [0.25, 0.3) is 0 Å². The summed E-state index contributed by atoms with van der Waals surface area (Å²) >= 11 is 0. The molecule has 0 aliphatic rings. The SMILES string of the molecule is CCCCCCCCCCCCCCCCC(CC(C)(OP(=O)(OC(C)(CC(CCCCCCCCCCCCCCCC)OC(C)=O)[N+](CCCC)(CCCC)CCCC)OC(C)(CC(CCCCCCCCCCCCCCCC)OC(C)=O)[N+](CCCC)(CCCC)CCCC)[N+](CCCC)(CCCC)CCCC)OC(C)=O. The Bertz CT molecular complexity index is 1980. The average Bonchev–Trinajstić information content (AvgIpc) is 0.730. The van der Waals surface area contributed by atoms with Crippen LogP contribution in [0, 0.1) is 0 Å². The van der Waals surface area contributed by atoms with Crippen molar-refractivity contribution in [2.45, 2.75) is 584 Å². The van der Waals surface area contributed by atoms with E-state index in [1.54, 1.807) is 20.8 Å². The van der Waals surface area contributed by atoms with Crippen molar-refractivity contribution in [3.8, 4) is 0 Å². The predicted octanol–water partition coefficient (Wildman–Crippen LogP) is 32.5. The molecule has 0 saturated heterocycles. The van der Waals surface area contributed by atoms with E-state index in [9.17, 15) is 14.4 Å². The first-order valence-corrected chi connectivity index (χ1v) is 53.2. The molecule has 0 spiro atoms. The summed E-state index contributed by atoms with van der Waals surface area (Å²) in [5.74, 6) is -0.937. The maximum absolute atomic E-state index is 19.3. The number of phosphoric ester groups is 1. The zero-order chi connectivity index (χ0) is 86.2. The van der Waals surface area contributed by atoms with Crippen molar-refractivity contribution in [1.29, 1.82) is 0 Å². The molecule has 0 aromatic carbocycles. The fourth-order valence-corrected chi connectivity index (χ4v) is 21.6. The van der Waals surface area contributed by atoms with Crippen LogP contribution >= 0.6 is 7.82 Å². The summed E-state index contributed by atoms with van der Waals surface area (Å²) in [6.07, 6.45) is 71.1. The second kappa shape index (κ2) is 73.7. The minimum atomic E-state index is -5.09. The Morgan fingerprint density at radius 1 is 0.224 bits per heavy atom. The van der Waals surface area contributed by atoms with Gasteiger partial charge in [-0.2, -0.15) is 0 Å². The Hall–Kier alpha value is -1.60. The zero-order valence-electron chi connectivity index (χ0n) is 81.6.